The van der Waals surface area contributed by atoms with Crippen molar-refractivity contribution in [3.05, 3.63) is 451 Å². The maximum Gasteiger partial charge on any atom is 0.167 e. The lowest BCUT2D eigenvalue weighted by Gasteiger charge is -2.12. The van der Waals surface area contributed by atoms with E-state index in [1.807, 2.05) is 0 Å². The molecule has 0 amide bonds. The molecule has 14 aromatic rings. The molecular formula is C80H54N8+8. The quantitative estimate of drug-likeness (QED) is 0.0597. The summed E-state index contributed by atoms with van der Waals surface area (Å²) in [6, 6.07) is 97.9. The molecule has 0 fully saturated rings. The number of aromatic nitrogens is 8. The summed E-state index contributed by atoms with van der Waals surface area (Å²) in [4.78, 5) is 31.0. The van der Waals surface area contributed by atoms with E-state index in [1.54, 1.807) is 0 Å². The van der Waals surface area contributed by atoms with E-state index in [-0.39, 0.29) is 0 Å². The van der Waals surface area contributed by atoms with Crippen LogP contribution in [0.15, 0.2) is 279 Å². The van der Waals surface area contributed by atoms with Crippen molar-refractivity contribution < 1.29 is 0 Å². The highest BCUT2D eigenvalue weighted by atomic mass is 14.9. The summed E-state index contributed by atoms with van der Waals surface area (Å²) in [7, 11) is 0. The van der Waals surface area contributed by atoms with E-state index in [2.05, 4.69) is 343 Å². The molecule has 0 saturated carbocycles. The summed E-state index contributed by atoms with van der Waals surface area (Å²) in [6.45, 7) is 0. The molecule has 0 radical (unpaired) electrons. The van der Waals surface area contributed by atoms with E-state index in [0.717, 1.165) is 172 Å². The maximum absolute atomic E-state index is 3.89. The average molecular weight is 1130 g/mol. The van der Waals surface area contributed by atoms with Gasteiger partial charge in [0.2, 0.25) is 0 Å². The van der Waals surface area contributed by atoms with Gasteiger partial charge in [-0.05, 0) is 109 Å². The first-order valence-corrected chi connectivity index (χ1v) is 29.5. The van der Waals surface area contributed by atoms with Gasteiger partial charge in [-0.3, -0.25) is 0 Å². The highest BCUT2D eigenvalue weighted by Gasteiger charge is 2.40. The lowest BCUT2D eigenvalue weighted by molar-refractivity contribution is 1.01. The van der Waals surface area contributed by atoms with Crippen molar-refractivity contribution in [2.24, 2.45) is 0 Å². The van der Waals surface area contributed by atoms with Crippen LogP contribution >= 0.6 is 0 Å². The molecule has 8 nitrogen and oxygen atoms in total. The number of hydrogen-bond acceptors (Lipinski definition) is 0. The number of rotatable bonds is 6. The van der Waals surface area contributed by atoms with Gasteiger partial charge < -0.3 is 39.9 Å². The van der Waals surface area contributed by atoms with Gasteiger partial charge in [-0.25, -0.2) is 0 Å². The lowest BCUT2D eigenvalue weighted by atomic mass is 9.92. The normalized spacial score (nSPS) is 12.9. The summed E-state index contributed by atoms with van der Waals surface area (Å²) < 4.78 is 0. The molecule has 2 aliphatic heterocycles. The molecule has 0 saturated heterocycles. The van der Waals surface area contributed by atoms with Crippen LogP contribution in [0.5, 0.6) is 0 Å². The minimum atomic E-state index is 0.762. The highest BCUT2D eigenvalue weighted by molar-refractivity contribution is 5.67. The molecule has 16 bridgehead atoms. The molecule has 8 heteroatoms. The Labute approximate surface area is 511 Å². The molecule has 0 atom stereocenters. The Balaban J connectivity index is 0.838. The number of hydrogen-bond donors (Lipinski definition) is 8. The number of fused-ring (bicyclic) bond motifs is 16. The van der Waals surface area contributed by atoms with Crippen molar-refractivity contribution in [2.45, 2.75) is 0 Å². The fourth-order valence-corrected chi connectivity index (χ4v) is 12.6. The van der Waals surface area contributed by atoms with Crippen molar-refractivity contribution in [3.8, 4) is 23.7 Å². The molecule has 6 aromatic carbocycles. The van der Waals surface area contributed by atoms with Crippen molar-refractivity contribution in [3.63, 3.8) is 0 Å². The SMILES string of the molecule is C(C#C[C+]1c2ccc([nH]2)[C+](c2ccccc2)c2ccc([nH]2)[C+](c2ccccc2)c2ccc([nH]2)[C+](c2ccccc2)c2ccc1[nH]2)#C[C+]1c2ccc([nH]2)[C+](c2ccccc2)c2ccc([nH]2)[C+](c2ccccc2)c2ccc([nH]2)[C+](c2ccccc2)c2ccc1[nH]2. The van der Waals surface area contributed by atoms with E-state index >= 15 is 0 Å². The molecule has 16 rings (SSSR count). The summed E-state index contributed by atoms with van der Waals surface area (Å²) in [5.41, 5.74) is 21.4. The van der Waals surface area contributed by atoms with Crippen LogP contribution in [-0.4, -0.2) is 39.9 Å². The van der Waals surface area contributed by atoms with Crippen LogP contribution in [0.4, 0.5) is 0 Å². The number of H-pyrrole nitrogens is 8. The van der Waals surface area contributed by atoms with Crippen LogP contribution in [0.1, 0.15) is 124 Å². The fourth-order valence-electron chi connectivity index (χ4n) is 12.6. The van der Waals surface area contributed by atoms with Crippen molar-refractivity contribution >= 4 is 0 Å². The summed E-state index contributed by atoms with van der Waals surface area (Å²) >= 11 is 0. The molecule has 406 valence electrons. The molecule has 8 N–H and O–H groups in total. The van der Waals surface area contributed by atoms with Crippen molar-refractivity contribution in [2.75, 3.05) is 0 Å². The first-order chi connectivity index (χ1) is 43.6. The molecule has 8 aromatic heterocycles. The molecule has 88 heavy (non-hydrogen) atoms. The van der Waals surface area contributed by atoms with Gasteiger partial charge in [0, 0.05) is 72.8 Å². The average Bonchev–Trinajstić information content (AvgIpc) is 3.78. The number of aromatic amines is 8. The van der Waals surface area contributed by atoms with Crippen LogP contribution in [-0.2, 0) is 0 Å². The Morgan fingerprint density at radius 1 is 0.159 bits per heavy atom. The Bertz CT molecular complexity index is 4250. The van der Waals surface area contributed by atoms with Crippen LogP contribution in [0.3, 0.4) is 0 Å². The van der Waals surface area contributed by atoms with Gasteiger partial charge in [0.1, 0.15) is 104 Å². The second kappa shape index (κ2) is 22.0. The standard InChI is InChI=1S/C80H54N8/c1-7-21-51(22-8-1)75-63-39-35-59(81-63)57(60-36-40-64(82-60)76(52-23-9-2-10-24-52)68-44-48-72(86-68)79(55-29-15-5-16-30-55)71-47-43-67(75)85-71)33-19-20-34-58-61-37-41-65(83-61)77(53-25-11-3-12-26-53)69-45-49-73(87-69)80(56-31-17-6-18-32-56)74-50-46-70(88-74)78(54-27-13-4-14-28-54)66-42-38-62(58)84-66/h1-18,21-32,35-50,81-88H/q+8. The Hall–Kier alpha value is -12.4. The van der Waals surface area contributed by atoms with E-state index in [0.29, 0.717) is 0 Å². The lowest BCUT2D eigenvalue weighted by Crippen LogP contribution is -2.11. The zero-order valence-corrected chi connectivity index (χ0v) is 47.6. The molecule has 0 aliphatic carbocycles. The smallest absolute Gasteiger partial charge is 0.167 e. The van der Waals surface area contributed by atoms with Crippen molar-refractivity contribution in [1.29, 1.82) is 0 Å². The second-order valence-electron chi connectivity index (χ2n) is 22.0. The van der Waals surface area contributed by atoms with E-state index in [4.69, 9.17) is 0 Å². The predicted molar refractivity (Wildman–Crippen MR) is 347 cm³/mol. The molecule has 2 aliphatic rings. The summed E-state index contributed by atoms with van der Waals surface area (Å²) in [5, 5.41) is 0. The zero-order valence-electron chi connectivity index (χ0n) is 47.6. The van der Waals surface area contributed by atoms with Crippen LogP contribution in [0.25, 0.3) is 0 Å². The molecule has 0 unspecified atom stereocenters. The number of nitrogens with one attached hydrogen (secondary N) is 8. The molecule has 0 spiro atoms. The topological polar surface area (TPSA) is 126 Å². The summed E-state index contributed by atoms with van der Waals surface area (Å²) in [6.07, 6.45) is 0. The second-order valence-corrected chi connectivity index (χ2v) is 22.0. The van der Waals surface area contributed by atoms with Gasteiger partial charge in [0.05, 0.1) is 142 Å². The Morgan fingerprint density at radius 3 is 0.455 bits per heavy atom. The van der Waals surface area contributed by atoms with E-state index in [1.165, 1.54) is 0 Å². The summed E-state index contributed by atoms with van der Waals surface area (Å²) in [5.74, 6) is 21.7. The highest BCUT2D eigenvalue weighted by Crippen LogP contribution is 2.42. The third-order valence-electron chi connectivity index (χ3n) is 16.6. The van der Waals surface area contributed by atoms with E-state index in [9.17, 15) is 0 Å². The third kappa shape index (κ3) is 9.46. The van der Waals surface area contributed by atoms with Crippen molar-refractivity contribution in [1.82, 2.24) is 39.9 Å². The van der Waals surface area contributed by atoms with Gasteiger partial charge in [-0.1, -0.05) is 0 Å². The first kappa shape index (κ1) is 51.3. The Morgan fingerprint density at radius 2 is 0.295 bits per heavy atom. The minimum absolute atomic E-state index is 0.762. The van der Waals surface area contributed by atoms with Gasteiger partial charge in [0.25, 0.3) is 0 Å². The van der Waals surface area contributed by atoms with Gasteiger partial charge in [-0.15, -0.1) is 0 Å². The Kier molecular flexibility index (Phi) is 12.8. The zero-order chi connectivity index (χ0) is 58.3. The third-order valence-corrected chi connectivity index (χ3v) is 16.6. The van der Waals surface area contributed by atoms with Gasteiger partial charge in [0.15, 0.2) is 46.5 Å². The molecule has 10 heterocycles. The van der Waals surface area contributed by atoms with Gasteiger partial charge >= 0.3 is 0 Å². The maximum atomic E-state index is 3.89. The fraction of sp³-hybridized carbons (Fsp3) is 0. The largest absolute Gasteiger partial charge is 0.327 e. The van der Waals surface area contributed by atoms with E-state index < -0.39 is 0 Å². The van der Waals surface area contributed by atoms with Crippen LogP contribution < -0.4 is 0 Å². The van der Waals surface area contributed by atoms with Crippen LogP contribution in [0, 0.1) is 71.0 Å². The van der Waals surface area contributed by atoms with Gasteiger partial charge in [-0.2, -0.15) is 0 Å². The van der Waals surface area contributed by atoms with Crippen LogP contribution in [0.2, 0.25) is 0 Å². The molecular weight excluding hydrogens is 1070 g/mol. The monoisotopic (exact) mass is 1130 g/mol. The number of benzene rings is 6. The minimum Gasteiger partial charge on any atom is -0.327 e. The predicted octanol–water partition coefficient (Wildman–Crippen LogP) is 15.7. The first-order valence-electron chi connectivity index (χ1n) is 29.5.